The van der Waals surface area contributed by atoms with Gasteiger partial charge in [-0.25, -0.2) is 0 Å². The lowest BCUT2D eigenvalue weighted by Gasteiger charge is -2.23. The third-order valence-corrected chi connectivity index (χ3v) is 3.63. The Kier molecular flexibility index (Phi) is 4.20. The normalized spacial score (nSPS) is 17.6. The number of nitrogens with zero attached hydrogens (tertiary/aromatic N) is 2. The topological polar surface area (TPSA) is 60.2 Å². The minimum atomic E-state index is 0.147. The van der Waals surface area contributed by atoms with Crippen LogP contribution in [0.25, 0.3) is 0 Å². The zero-order valence-electron chi connectivity index (χ0n) is 12.5. The molecule has 112 valence electrons. The van der Waals surface area contributed by atoms with Gasteiger partial charge in [-0.3, -0.25) is 0 Å². The molecule has 1 aromatic carbocycles. The molecular formula is C16H21N3O2. The van der Waals surface area contributed by atoms with Gasteiger partial charge in [0.05, 0.1) is 12.5 Å². The summed E-state index contributed by atoms with van der Waals surface area (Å²) in [6.45, 7) is 5.79. The van der Waals surface area contributed by atoms with Crippen molar-refractivity contribution in [1.29, 1.82) is 0 Å². The fourth-order valence-corrected chi connectivity index (χ4v) is 2.57. The quantitative estimate of drug-likeness (QED) is 0.915. The van der Waals surface area contributed by atoms with Gasteiger partial charge in [-0.15, -0.1) is 10.2 Å². The molecule has 0 bridgehead atoms. The van der Waals surface area contributed by atoms with E-state index < -0.39 is 0 Å². The van der Waals surface area contributed by atoms with Gasteiger partial charge in [0, 0.05) is 24.6 Å². The lowest BCUT2D eigenvalue weighted by atomic mass is 9.93. The summed E-state index contributed by atoms with van der Waals surface area (Å²) < 4.78 is 11.5. The van der Waals surface area contributed by atoms with Crippen molar-refractivity contribution >= 4 is 0 Å². The van der Waals surface area contributed by atoms with E-state index in [1.54, 1.807) is 0 Å². The van der Waals surface area contributed by atoms with Crippen LogP contribution in [0.5, 0.6) is 5.75 Å². The fourth-order valence-electron chi connectivity index (χ4n) is 2.57. The number of hydrogen-bond donors (Lipinski definition) is 1. The van der Waals surface area contributed by atoms with Crippen LogP contribution in [0.2, 0.25) is 0 Å². The highest BCUT2D eigenvalue weighted by Gasteiger charge is 2.27. The van der Waals surface area contributed by atoms with E-state index in [9.17, 15) is 0 Å². The Morgan fingerprint density at radius 2 is 2.14 bits per heavy atom. The van der Waals surface area contributed by atoms with Gasteiger partial charge < -0.3 is 14.5 Å². The molecule has 1 atom stereocenters. The van der Waals surface area contributed by atoms with Crippen molar-refractivity contribution in [3.05, 3.63) is 41.6 Å². The zero-order valence-corrected chi connectivity index (χ0v) is 12.5. The molecule has 0 aliphatic carbocycles. The number of hydrogen-bond acceptors (Lipinski definition) is 5. The highest BCUT2D eigenvalue weighted by Crippen LogP contribution is 2.37. The van der Waals surface area contributed by atoms with Gasteiger partial charge in [-0.2, -0.15) is 0 Å². The first-order chi connectivity index (χ1) is 10.2. The second-order valence-corrected chi connectivity index (χ2v) is 5.62. The summed E-state index contributed by atoms with van der Waals surface area (Å²) in [5, 5.41) is 11.8. The highest BCUT2D eigenvalue weighted by molar-refractivity contribution is 5.40. The van der Waals surface area contributed by atoms with Crippen LogP contribution in [-0.2, 0) is 6.42 Å². The standard InChI is InChI=1S/C16H21N3O2/c1-11(2)17-9-7-15-18-19-16(21-15)13-8-10-20-14-6-4-3-5-12(13)14/h3-6,11,13,17H,7-10H2,1-2H3. The van der Waals surface area contributed by atoms with E-state index in [2.05, 4.69) is 35.4 Å². The Labute approximate surface area is 124 Å². The number of aromatic nitrogens is 2. The van der Waals surface area contributed by atoms with Gasteiger partial charge in [0.1, 0.15) is 5.75 Å². The summed E-state index contributed by atoms with van der Waals surface area (Å²) in [4.78, 5) is 0. The van der Waals surface area contributed by atoms with Crippen LogP contribution in [0.1, 0.15) is 43.5 Å². The Balaban J connectivity index is 1.72. The van der Waals surface area contributed by atoms with E-state index in [0.717, 1.165) is 30.7 Å². The van der Waals surface area contributed by atoms with Crippen LogP contribution in [0.15, 0.2) is 28.7 Å². The average molecular weight is 287 g/mol. The molecule has 0 fully saturated rings. The summed E-state index contributed by atoms with van der Waals surface area (Å²) in [5.74, 6) is 2.47. The summed E-state index contributed by atoms with van der Waals surface area (Å²) >= 11 is 0. The van der Waals surface area contributed by atoms with Crippen molar-refractivity contribution in [2.75, 3.05) is 13.2 Å². The Hall–Kier alpha value is -1.88. The fraction of sp³-hybridized carbons (Fsp3) is 0.500. The Morgan fingerprint density at radius 1 is 1.29 bits per heavy atom. The number of para-hydroxylation sites is 1. The van der Waals surface area contributed by atoms with Gasteiger partial charge in [0.15, 0.2) is 0 Å². The minimum absolute atomic E-state index is 0.147. The molecule has 1 aliphatic heterocycles. The molecule has 0 saturated heterocycles. The lowest BCUT2D eigenvalue weighted by molar-refractivity contribution is 0.263. The maximum atomic E-state index is 5.84. The van der Waals surface area contributed by atoms with Crippen molar-refractivity contribution in [2.45, 2.75) is 38.6 Å². The lowest BCUT2D eigenvalue weighted by Crippen LogP contribution is -2.25. The number of fused-ring (bicyclic) bond motifs is 1. The first kappa shape index (κ1) is 14.1. The Morgan fingerprint density at radius 3 is 3.00 bits per heavy atom. The Bertz CT molecular complexity index is 595. The first-order valence-electron chi connectivity index (χ1n) is 7.51. The van der Waals surface area contributed by atoms with Gasteiger partial charge in [0.2, 0.25) is 11.8 Å². The third-order valence-electron chi connectivity index (χ3n) is 3.63. The molecule has 0 spiro atoms. The predicted octanol–water partition coefficient (Wildman–Crippen LogP) is 2.52. The maximum Gasteiger partial charge on any atom is 0.224 e. The second-order valence-electron chi connectivity index (χ2n) is 5.62. The molecule has 2 aromatic rings. The van der Waals surface area contributed by atoms with E-state index in [4.69, 9.17) is 9.15 Å². The summed E-state index contributed by atoms with van der Waals surface area (Å²) in [7, 11) is 0. The molecule has 0 saturated carbocycles. The van der Waals surface area contributed by atoms with Crippen LogP contribution < -0.4 is 10.1 Å². The zero-order chi connectivity index (χ0) is 14.7. The van der Waals surface area contributed by atoms with Crippen LogP contribution in [0.3, 0.4) is 0 Å². The first-order valence-corrected chi connectivity index (χ1v) is 7.51. The number of ether oxygens (including phenoxy) is 1. The second kappa shape index (κ2) is 6.26. The van der Waals surface area contributed by atoms with Gasteiger partial charge in [0.25, 0.3) is 0 Å². The smallest absolute Gasteiger partial charge is 0.224 e. The van der Waals surface area contributed by atoms with Gasteiger partial charge in [-0.05, 0) is 12.5 Å². The average Bonchev–Trinajstić information content (AvgIpc) is 2.95. The molecule has 3 rings (SSSR count). The third kappa shape index (κ3) is 3.24. The van der Waals surface area contributed by atoms with Gasteiger partial charge >= 0.3 is 0 Å². The summed E-state index contributed by atoms with van der Waals surface area (Å²) in [6.07, 6.45) is 1.64. The molecule has 5 heteroatoms. The molecule has 1 N–H and O–H groups in total. The van der Waals surface area contributed by atoms with Crippen molar-refractivity contribution < 1.29 is 9.15 Å². The van der Waals surface area contributed by atoms with Crippen LogP contribution in [-0.4, -0.2) is 29.4 Å². The number of benzene rings is 1. The summed E-state index contributed by atoms with van der Waals surface area (Å²) in [5.41, 5.74) is 1.14. The monoisotopic (exact) mass is 287 g/mol. The van der Waals surface area contributed by atoms with Crippen molar-refractivity contribution in [3.8, 4) is 5.75 Å². The van der Waals surface area contributed by atoms with Crippen LogP contribution >= 0.6 is 0 Å². The molecular weight excluding hydrogens is 266 g/mol. The van der Waals surface area contributed by atoms with E-state index in [1.807, 2.05) is 18.2 Å². The number of nitrogens with one attached hydrogen (secondary N) is 1. The molecule has 1 unspecified atom stereocenters. The minimum Gasteiger partial charge on any atom is -0.493 e. The maximum absolute atomic E-state index is 5.84. The molecule has 1 aromatic heterocycles. The molecule has 21 heavy (non-hydrogen) atoms. The molecule has 2 heterocycles. The molecule has 1 aliphatic rings. The van der Waals surface area contributed by atoms with Crippen LogP contribution in [0, 0.1) is 0 Å². The molecule has 0 radical (unpaired) electrons. The summed E-state index contributed by atoms with van der Waals surface area (Å²) in [6, 6.07) is 8.53. The van der Waals surface area contributed by atoms with E-state index in [1.165, 1.54) is 0 Å². The number of rotatable bonds is 5. The highest BCUT2D eigenvalue weighted by atomic mass is 16.5. The van der Waals surface area contributed by atoms with Gasteiger partial charge in [-0.1, -0.05) is 32.0 Å². The van der Waals surface area contributed by atoms with E-state index in [0.29, 0.717) is 24.4 Å². The molecule has 0 amide bonds. The SMILES string of the molecule is CC(C)NCCc1nnc(C2CCOc3ccccc32)o1. The van der Waals surface area contributed by atoms with Crippen molar-refractivity contribution in [2.24, 2.45) is 0 Å². The van der Waals surface area contributed by atoms with Crippen molar-refractivity contribution in [3.63, 3.8) is 0 Å². The largest absolute Gasteiger partial charge is 0.493 e. The molecule has 5 nitrogen and oxygen atoms in total. The van der Waals surface area contributed by atoms with E-state index >= 15 is 0 Å². The van der Waals surface area contributed by atoms with Crippen molar-refractivity contribution in [1.82, 2.24) is 15.5 Å². The predicted molar refractivity (Wildman–Crippen MR) is 79.5 cm³/mol. The van der Waals surface area contributed by atoms with E-state index in [-0.39, 0.29) is 5.92 Å². The van der Waals surface area contributed by atoms with Crippen LogP contribution in [0.4, 0.5) is 0 Å².